The van der Waals surface area contributed by atoms with Gasteiger partial charge < -0.3 is 14.4 Å². The van der Waals surface area contributed by atoms with E-state index in [-0.39, 0.29) is 12.1 Å². The molecule has 1 aliphatic heterocycles. The molecule has 0 saturated heterocycles. The molecule has 1 aromatic carbocycles. The first-order chi connectivity index (χ1) is 11.1. The third-order valence-corrected chi connectivity index (χ3v) is 4.95. The average Bonchev–Trinajstić information content (AvgIpc) is 2.54. The van der Waals surface area contributed by atoms with Gasteiger partial charge in [-0.1, -0.05) is 12.1 Å². The van der Waals surface area contributed by atoms with E-state index in [0.29, 0.717) is 5.92 Å². The number of nitrogens with zero attached hydrogens (tertiary/aromatic N) is 1. The summed E-state index contributed by atoms with van der Waals surface area (Å²) in [5.41, 5.74) is 4.06. The van der Waals surface area contributed by atoms with E-state index in [9.17, 15) is 4.79 Å². The Hall–Kier alpha value is -1.97. The van der Waals surface area contributed by atoms with Crippen molar-refractivity contribution in [2.45, 2.75) is 38.7 Å². The van der Waals surface area contributed by atoms with E-state index in [1.807, 2.05) is 12.1 Å². The molecule has 1 saturated carbocycles. The van der Waals surface area contributed by atoms with Crippen molar-refractivity contribution in [1.29, 1.82) is 0 Å². The molecule has 0 aromatic heterocycles. The smallest absolute Gasteiger partial charge is 0.302 e. The van der Waals surface area contributed by atoms with Gasteiger partial charge in [-0.2, -0.15) is 0 Å². The van der Waals surface area contributed by atoms with E-state index < -0.39 is 0 Å². The van der Waals surface area contributed by atoms with Gasteiger partial charge in [-0.05, 0) is 49.3 Å². The van der Waals surface area contributed by atoms with Gasteiger partial charge in [-0.25, -0.2) is 0 Å². The van der Waals surface area contributed by atoms with Gasteiger partial charge >= 0.3 is 5.97 Å². The first-order valence-electron chi connectivity index (χ1n) is 8.34. The maximum atomic E-state index is 11.2. The van der Waals surface area contributed by atoms with Gasteiger partial charge in [0.25, 0.3) is 0 Å². The molecule has 2 aliphatic rings. The first kappa shape index (κ1) is 15.9. The van der Waals surface area contributed by atoms with E-state index >= 15 is 0 Å². The summed E-state index contributed by atoms with van der Waals surface area (Å²) in [4.78, 5) is 13.6. The molecule has 0 N–H and O–H groups in total. The number of methoxy groups -OCH3 is 1. The minimum Gasteiger partial charge on any atom is -0.497 e. The zero-order valence-electron chi connectivity index (χ0n) is 14.2. The van der Waals surface area contributed by atoms with Crippen LogP contribution in [0.25, 0.3) is 5.70 Å². The maximum absolute atomic E-state index is 11.2. The Kier molecular flexibility index (Phi) is 4.60. The molecule has 0 amide bonds. The molecule has 124 valence electrons. The van der Waals surface area contributed by atoms with Gasteiger partial charge in [0, 0.05) is 31.8 Å². The molecule has 23 heavy (non-hydrogen) atoms. The summed E-state index contributed by atoms with van der Waals surface area (Å²) in [6.07, 6.45) is 4.09. The zero-order chi connectivity index (χ0) is 16.4. The van der Waals surface area contributed by atoms with Gasteiger partial charge in [-0.15, -0.1) is 0 Å². The highest BCUT2D eigenvalue weighted by Crippen LogP contribution is 2.42. The van der Waals surface area contributed by atoms with Gasteiger partial charge in [0.2, 0.25) is 0 Å². The number of benzene rings is 1. The fourth-order valence-electron chi connectivity index (χ4n) is 3.93. The number of carbonyl (C=O) groups is 1. The third-order valence-electron chi connectivity index (χ3n) is 4.95. The van der Waals surface area contributed by atoms with E-state index in [1.165, 1.54) is 23.8 Å². The highest BCUT2D eigenvalue weighted by Gasteiger charge is 2.33. The van der Waals surface area contributed by atoms with Gasteiger partial charge in [0.15, 0.2) is 0 Å². The molecular formula is C19H25NO3. The summed E-state index contributed by atoms with van der Waals surface area (Å²) in [5.74, 6) is 1.24. The van der Waals surface area contributed by atoms with E-state index in [1.54, 1.807) is 7.11 Å². The lowest BCUT2D eigenvalue weighted by Gasteiger charge is -2.40. The minimum atomic E-state index is -0.164. The van der Waals surface area contributed by atoms with Crippen LogP contribution in [0.1, 0.15) is 38.2 Å². The molecule has 3 rings (SSSR count). The Morgan fingerprint density at radius 3 is 2.87 bits per heavy atom. The lowest BCUT2D eigenvalue weighted by Crippen LogP contribution is -2.35. The van der Waals surface area contributed by atoms with Crippen LogP contribution in [0.2, 0.25) is 0 Å². The predicted octanol–water partition coefficient (Wildman–Crippen LogP) is 3.47. The van der Waals surface area contributed by atoms with E-state index in [2.05, 4.69) is 24.1 Å². The molecule has 1 fully saturated rings. The molecule has 4 heteroatoms. The summed E-state index contributed by atoms with van der Waals surface area (Å²) in [7, 11) is 3.87. The average molecular weight is 315 g/mol. The van der Waals surface area contributed by atoms with E-state index in [0.717, 1.165) is 38.0 Å². The van der Waals surface area contributed by atoms with Crippen molar-refractivity contribution in [2.24, 2.45) is 5.92 Å². The minimum absolute atomic E-state index is 0.0798. The SMILES string of the molecule is COc1cccc(C2=C3CCC(OC(C)=O)CC3CCN2C)c1. The van der Waals surface area contributed by atoms with Crippen molar-refractivity contribution in [1.82, 2.24) is 4.90 Å². The first-order valence-corrected chi connectivity index (χ1v) is 8.34. The third kappa shape index (κ3) is 3.36. The Labute approximate surface area is 138 Å². The number of fused-ring (bicyclic) bond motifs is 1. The summed E-state index contributed by atoms with van der Waals surface area (Å²) in [6.45, 7) is 2.54. The largest absolute Gasteiger partial charge is 0.497 e. The van der Waals surface area contributed by atoms with Crippen LogP contribution in [0.5, 0.6) is 5.75 Å². The Morgan fingerprint density at radius 1 is 1.30 bits per heavy atom. The van der Waals surface area contributed by atoms with Gasteiger partial charge in [0.1, 0.15) is 11.9 Å². The Bertz CT molecular complexity index is 623. The van der Waals surface area contributed by atoms with Crippen molar-refractivity contribution >= 4 is 11.7 Å². The fourth-order valence-corrected chi connectivity index (χ4v) is 3.93. The van der Waals surface area contributed by atoms with Crippen LogP contribution in [-0.2, 0) is 9.53 Å². The molecule has 1 heterocycles. The molecule has 1 aromatic rings. The van der Waals surface area contributed by atoms with Gasteiger partial charge in [-0.3, -0.25) is 4.79 Å². The summed E-state index contributed by atoms with van der Waals surface area (Å²) in [5, 5.41) is 0. The molecule has 4 nitrogen and oxygen atoms in total. The van der Waals surface area contributed by atoms with Crippen LogP contribution < -0.4 is 4.74 Å². The Balaban J connectivity index is 1.91. The van der Waals surface area contributed by atoms with Crippen molar-refractivity contribution in [3.05, 3.63) is 35.4 Å². The molecule has 0 bridgehead atoms. The molecule has 0 radical (unpaired) electrons. The van der Waals surface area contributed by atoms with Crippen LogP contribution in [0.15, 0.2) is 29.8 Å². The summed E-state index contributed by atoms with van der Waals surface area (Å²) in [6, 6.07) is 8.29. The lowest BCUT2D eigenvalue weighted by atomic mass is 9.76. The van der Waals surface area contributed by atoms with Gasteiger partial charge in [0.05, 0.1) is 7.11 Å². The topological polar surface area (TPSA) is 38.8 Å². The molecule has 2 unspecified atom stereocenters. The summed E-state index contributed by atoms with van der Waals surface area (Å²) < 4.78 is 10.8. The molecular weight excluding hydrogens is 290 g/mol. The normalized spacial score (nSPS) is 24.2. The molecule has 2 atom stereocenters. The highest BCUT2D eigenvalue weighted by atomic mass is 16.5. The number of hydrogen-bond acceptors (Lipinski definition) is 4. The predicted molar refractivity (Wildman–Crippen MR) is 90.1 cm³/mol. The number of ether oxygens (including phenoxy) is 2. The Morgan fingerprint density at radius 2 is 2.13 bits per heavy atom. The van der Waals surface area contributed by atoms with Crippen LogP contribution in [0.3, 0.4) is 0 Å². The molecule has 0 spiro atoms. The van der Waals surface area contributed by atoms with Crippen molar-refractivity contribution in [2.75, 3.05) is 20.7 Å². The van der Waals surface area contributed by atoms with Crippen LogP contribution in [-0.4, -0.2) is 37.7 Å². The van der Waals surface area contributed by atoms with Crippen LogP contribution >= 0.6 is 0 Å². The number of carbonyl (C=O) groups excluding carboxylic acids is 1. The highest BCUT2D eigenvalue weighted by molar-refractivity contribution is 5.70. The summed E-state index contributed by atoms with van der Waals surface area (Å²) >= 11 is 0. The van der Waals surface area contributed by atoms with Crippen LogP contribution in [0.4, 0.5) is 0 Å². The zero-order valence-corrected chi connectivity index (χ0v) is 14.2. The lowest BCUT2D eigenvalue weighted by molar-refractivity contribution is -0.148. The second-order valence-corrected chi connectivity index (χ2v) is 6.52. The van der Waals surface area contributed by atoms with Crippen molar-refractivity contribution in [3.8, 4) is 5.75 Å². The fraction of sp³-hybridized carbons (Fsp3) is 0.526. The standard InChI is InChI=1S/C19H25NO3/c1-13(21)23-17-7-8-18-14(11-17)9-10-20(2)19(18)15-5-4-6-16(12-15)22-3/h4-6,12,14,17H,7-11H2,1-3H3. The quantitative estimate of drug-likeness (QED) is 0.801. The number of rotatable bonds is 3. The van der Waals surface area contributed by atoms with E-state index in [4.69, 9.17) is 9.47 Å². The monoisotopic (exact) mass is 315 g/mol. The van der Waals surface area contributed by atoms with Crippen molar-refractivity contribution in [3.63, 3.8) is 0 Å². The second kappa shape index (κ2) is 6.65. The van der Waals surface area contributed by atoms with Crippen LogP contribution in [0, 0.1) is 5.92 Å². The number of esters is 1. The molecule has 1 aliphatic carbocycles. The maximum Gasteiger partial charge on any atom is 0.302 e. The number of hydrogen-bond donors (Lipinski definition) is 0. The number of allylic oxidation sites excluding steroid dienone is 1. The second-order valence-electron chi connectivity index (χ2n) is 6.52. The van der Waals surface area contributed by atoms with Crippen molar-refractivity contribution < 1.29 is 14.3 Å².